The summed E-state index contributed by atoms with van der Waals surface area (Å²) in [7, 11) is 1.64. The van der Waals surface area contributed by atoms with Crippen molar-refractivity contribution in [2.45, 2.75) is 19.8 Å². The van der Waals surface area contributed by atoms with E-state index >= 15 is 0 Å². The highest BCUT2D eigenvalue weighted by atomic mass is 16.1. The Balaban J connectivity index is 0.000000200. The van der Waals surface area contributed by atoms with E-state index in [0.29, 0.717) is 6.42 Å². The molecule has 0 atom stereocenters. The largest absolute Gasteiger partial charge is 0.359 e. The molecule has 0 fully saturated rings. The Kier molecular flexibility index (Phi) is 6.95. The van der Waals surface area contributed by atoms with E-state index < -0.39 is 0 Å². The normalized spacial score (nSPS) is 9.16. The first-order valence-electron chi connectivity index (χ1n) is 6.39. The molecule has 100 valence electrons. The lowest BCUT2D eigenvalue weighted by atomic mass is 10.1. The number of aryl methyl sites for hydroxylation is 1. The second kappa shape index (κ2) is 8.86. The van der Waals surface area contributed by atoms with Gasteiger partial charge in [0.25, 0.3) is 0 Å². The highest BCUT2D eigenvalue weighted by Crippen LogP contribution is 1.98. The van der Waals surface area contributed by atoms with Crippen molar-refractivity contribution in [2.24, 2.45) is 0 Å². The van der Waals surface area contributed by atoms with Crippen molar-refractivity contribution in [3.8, 4) is 0 Å². The van der Waals surface area contributed by atoms with Gasteiger partial charge >= 0.3 is 0 Å². The quantitative estimate of drug-likeness (QED) is 0.917. The second-order valence-electron chi connectivity index (χ2n) is 4.04. The van der Waals surface area contributed by atoms with Crippen LogP contribution < -0.4 is 5.32 Å². The van der Waals surface area contributed by atoms with Crippen LogP contribution in [0.15, 0.2) is 54.9 Å². The number of aromatic nitrogens is 1. The molecular weight excluding hydrogens is 236 g/mol. The van der Waals surface area contributed by atoms with E-state index in [9.17, 15) is 4.79 Å². The van der Waals surface area contributed by atoms with E-state index in [1.165, 1.54) is 5.56 Å². The van der Waals surface area contributed by atoms with E-state index in [0.717, 1.165) is 12.0 Å². The van der Waals surface area contributed by atoms with Crippen LogP contribution in [0.1, 0.15) is 18.1 Å². The maximum absolute atomic E-state index is 10.9. The van der Waals surface area contributed by atoms with Crippen LogP contribution in [0.4, 0.5) is 0 Å². The van der Waals surface area contributed by atoms with Crippen LogP contribution in [0.25, 0.3) is 0 Å². The maximum atomic E-state index is 10.9. The lowest BCUT2D eigenvalue weighted by Crippen LogP contribution is -2.19. The highest BCUT2D eigenvalue weighted by molar-refractivity contribution is 5.78. The van der Waals surface area contributed by atoms with Gasteiger partial charge in [0.2, 0.25) is 5.91 Å². The average molecular weight is 256 g/mol. The number of rotatable bonds is 3. The molecule has 0 saturated carbocycles. The summed E-state index contributed by atoms with van der Waals surface area (Å²) in [6, 6.07) is 13.7. The number of amides is 1. The molecule has 0 unspecified atom stereocenters. The summed E-state index contributed by atoms with van der Waals surface area (Å²) in [4.78, 5) is 14.8. The van der Waals surface area contributed by atoms with Gasteiger partial charge in [0.1, 0.15) is 0 Å². The second-order valence-corrected chi connectivity index (χ2v) is 4.04. The predicted molar refractivity (Wildman–Crippen MR) is 77.8 cm³/mol. The third kappa shape index (κ3) is 6.36. The van der Waals surface area contributed by atoms with Crippen molar-refractivity contribution < 1.29 is 4.79 Å². The van der Waals surface area contributed by atoms with Crippen LogP contribution >= 0.6 is 0 Å². The molecule has 19 heavy (non-hydrogen) atoms. The maximum Gasteiger partial charge on any atom is 0.224 e. The Morgan fingerprint density at radius 1 is 1.05 bits per heavy atom. The van der Waals surface area contributed by atoms with Crippen molar-refractivity contribution in [3.05, 3.63) is 66.0 Å². The van der Waals surface area contributed by atoms with Crippen LogP contribution in [0, 0.1) is 0 Å². The average Bonchev–Trinajstić information content (AvgIpc) is 2.49. The van der Waals surface area contributed by atoms with Crippen LogP contribution in [-0.4, -0.2) is 17.9 Å². The highest BCUT2D eigenvalue weighted by Gasteiger charge is 1.97. The Hall–Kier alpha value is -2.16. The predicted octanol–water partition coefficient (Wildman–Crippen LogP) is 2.62. The Morgan fingerprint density at radius 2 is 1.68 bits per heavy atom. The molecule has 0 bridgehead atoms. The molecule has 2 rings (SSSR count). The van der Waals surface area contributed by atoms with Gasteiger partial charge in [-0.2, -0.15) is 0 Å². The molecule has 3 heteroatoms. The zero-order chi connectivity index (χ0) is 13.9. The van der Waals surface area contributed by atoms with Gasteiger partial charge in [0.05, 0.1) is 6.42 Å². The summed E-state index contributed by atoms with van der Waals surface area (Å²) in [6.45, 7) is 2.13. The summed E-state index contributed by atoms with van der Waals surface area (Å²) in [5, 5.41) is 2.57. The summed E-state index contributed by atoms with van der Waals surface area (Å²) in [5.74, 6) is 0.0520. The number of nitrogens with one attached hydrogen (secondary N) is 1. The van der Waals surface area contributed by atoms with Crippen molar-refractivity contribution in [2.75, 3.05) is 7.05 Å². The standard InChI is InChI=1S/C9H11NO.C7H9N/c1-10-9(11)7-8-5-3-2-4-6-8;1-2-7-3-5-8-6-4-7/h2-6H,7H2,1H3,(H,10,11);3-6H,2H2,1H3. The molecule has 1 aromatic carbocycles. The third-order valence-electron chi connectivity index (χ3n) is 2.64. The molecule has 1 aromatic heterocycles. The molecule has 0 aliphatic rings. The van der Waals surface area contributed by atoms with E-state index in [4.69, 9.17) is 0 Å². The first-order valence-corrected chi connectivity index (χ1v) is 6.39. The van der Waals surface area contributed by atoms with Gasteiger partial charge < -0.3 is 5.32 Å². The van der Waals surface area contributed by atoms with Crippen molar-refractivity contribution in [1.29, 1.82) is 0 Å². The van der Waals surface area contributed by atoms with Gasteiger partial charge in [-0.1, -0.05) is 37.3 Å². The molecule has 2 aromatic rings. The van der Waals surface area contributed by atoms with Gasteiger partial charge in [0, 0.05) is 19.4 Å². The topological polar surface area (TPSA) is 42.0 Å². The van der Waals surface area contributed by atoms with Gasteiger partial charge in [-0.25, -0.2) is 0 Å². The minimum Gasteiger partial charge on any atom is -0.359 e. The fraction of sp³-hybridized carbons (Fsp3) is 0.250. The third-order valence-corrected chi connectivity index (χ3v) is 2.64. The zero-order valence-electron chi connectivity index (χ0n) is 11.5. The summed E-state index contributed by atoms with van der Waals surface area (Å²) < 4.78 is 0. The van der Waals surface area contributed by atoms with Crippen LogP contribution in [0.2, 0.25) is 0 Å². The number of nitrogens with zero attached hydrogens (tertiary/aromatic N) is 1. The number of hydrogen-bond acceptors (Lipinski definition) is 2. The van der Waals surface area contributed by atoms with Crippen molar-refractivity contribution in [3.63, 3.8) is 0 Å². The summed E-state index contributed by atoms with van der Waals surface area (Å²) >= 11 is 0. The minimum absolute atomic E-state index is 0.0520. The molecule has 1 N–H and O–H groups in total. The molecule has 0 aliphatic carbocycles. The van der Waals surface area contributed by atoms with Gasteiger partial charge in [-0.05, 0) is 29.7 Å². The molecule has 1 heterocycles. The fourth-order valence-corrected chi connectivity index (χ4v) is 1.49. The number of likely N-dealkylation sites (N-methyl/N-ethyl adjacent to an activating group) is 1. The van der Waals surface area contributed by atoms with Gasteiger partial charge in [0.15, 0.2) is 0 Å². The number of pyridine rings is 1. The van der Waals surface area contributed by atoms with E-state index in [-0.39, 0.29) is 5.91 Å². The van der Waals surface area contributed by atoms with E-state index in [1.54, 1.807) is 7.05 Å². The molecule has 3 nitrogen and oxygen atoms in total. The Bertz CT molecular complexity index is 469. The monoisotopic (exact) mass is 256 g/mol. The molecule has 0 radical (unpaired) electrons. The van der Waals surface area contributed by atoms with Crippen LogP contribution in [0.5, 0.6) is 0 Å². The first kappa shape index (κ1) is 14.9. The summed E-state index contributed by atoms with van der Waals surface area (Å²) in [5.41, 5.74) is 2.40. The van der Waals surface area contributed by atoms with Gasteiger partial charge in [-0.15, -0.1) is 0 Å². The molecule has 0 spiro atoms. The minimum atomic E-state index is 0.0520. The lowest BCUT2D eigenvalue weighted by molar-refractivity contribution is -0.119. The summed E-state index contributed by atoms with van der Waals surface area (Å²) in [6.07, 6.45) is 5.21. The lowest BCUT2D eigenvalue weighted by Gasteiger charge is -1.98. The fourth-order valence-electron chi connectivity index (χ4n) is 1.49. The number of benzene rings is 1. The number of carbonyl (C=O) groups is 1. The molecule has 0 aliphatic heterocycles. The van der Waals surface area contributed by atoms with E-state index in [2.05, 4.69) is 17.2 Å². The SMILES string of the molecule is CCc1ccncc1.CNC(=O)Cc1ccccc1. The smallest absolute Gasteiger partial charge is 0.224 e. The van der Waals surface area contributed by atoms with Crippen LogP contribution in [0.3, 0.4) is 0 Å². The molecule has 1 amide bonds. The Morgan fingerprint density at radius 3 is 2.16 bits per heavy atom. The van der Waals surface area contributed by atoms with Crippen molar-refractivity contribution in [1.82, 2.24) is 10.3 Å². The van der Waals surface area contributed by atoms with E-state index in [1.807, 2.05) is 54.9 Å². The van der Waals surface area contributed by atoms with Crippen molar-refractivity contribution >= 4 is 5.91 Å². The molecular formula is C16H20N2O. The molecule has 0 saturated heterocycles. The first-order chi connectivity index (χ1) is 9.26. The number of carbonyl (C=O) groups excluding carboxylic acids is 1. The zero-order valence-corrected chi connectivity index (χ0v) is 11.5. The number of hydrogen-bond donors (Lipinski definition) is 1. The van der Waals surface area contributed by atoms with Gasteiger partial charge in [-0.3, -0.25) is 9.78 Å². The Labute approximate surface area is 114 Å². The van der Waals surface area contributed by atoms with Crippen LogP contribution in [-0.2, 0) is 17.6 Å².